The summed E-state index contributed by atoms with van der Waals surface area (Å²) < 4.78 is 0. The van der Waals surface area contributed by atoms with Crippen LogP contribution >= 0.6 is 0 Å². The summed E-state index contributed by atoms with van der Waals surface area (Å²) in [5.41, 5.74) is 0. The van der Waals surface area contributed by atoms with E-state index in [2.05, 4.69) is 31.8 Å². The molecule has 0 rings (SSSR count). The fraction of sp³-hybridized carbons (Fsp3) is 0.500. The van der Waals surface area contributed by atoms with E-state index in [0.717, 1.165) is 6.42 Å². The lowest BCUT2D eigenvalue weighted by Crippen LogP contribution is -1.86. The first-order valence-electron chi connectivity index (χ1n) is 4.12. The quantitative estimate of drug-likeness (QED) is 0.432. The standard InChI is InChI=1S/C10H17N/c1-4-5-6-7-8-9-11-10(2)3/h5-10H,4H2,1-3H3/b6-5+,8-7+,11-9?. The molecule has 0 aliphatic rings. The lowest BCUT2D eigenvalue weighted by atomic mass is 10.4. The van der Waals surface area contributed by atoms with Gasteiger partial charge in [-0.05, 0) is 26.3 Å². The predicted octanol–water partition coefficient (Wildman–Crippen LogP) is 2.99. The van der Waals surface area contributed by atoms with Gasteiger partial charge in [0.2, 0.25) is 0 Å². The van der Waals surface area contributed by atoms with Crippen molar-refractivity contribution in [2.24, 2.45) is 4.99 Å². The summed E-state index contributed by atoms with van der Waals surface area (Å²) in [5.74, 6) is 0. The number of rotatable bonds is 4. The Kier molecular flexibility index (Phi) is 6.70. The monoisotopic (exact) mass is 151 g/mol. The van der Waals surface area contributed by atoms with Crippen molar-refractivity contribution in [1.29, 1.82) is 0 Å². The predicted molar refractivity (Wildman–Crippen MR) is 52.2 cm³/mol. The second-order valence-electron chi connectivity index (χ2n) is 2.61. The summed E-state index contributed by atoms with van der Waals surface area (Å²) in [6, 6.07) is 0.398. The molecule has 0 fully saturated rings. The molecule has 0 aromatic rings. The van der Waals surface area contributed by atoms with E-state index in [1.165, 1.54) is 0 Å². The van der Waals surface area contributed by atoms with Gasteiger partial charge in [-0.15, -0.1) is 0 Å². The maximum absolute atomic E-state index is 4.18. The third-order valence-electron chi connectivity index (χ3n) is 1.06. The molecule has 0 unspecified atom stereocenters. The fourth-order valence-electron chi connectivity index (χ4n) is 0.550. The van der Waals surface area contributed by atoms with Gasteiger partial charge in [0.1, 0.15) is 0 Å². The van der Waals surface area contributed by atoms with E-state index >= 15 is 0 Å². The van der Waals surface area contributed by atoms with E-state index in [1.807, 2.05) is 24.4 Å². The van der Waals surface area contributed by atoms with Gasteiger partial charge in [-0.2, -0.15) is 0 Å². The summed E-state index contributed by atoms with van der Waals surface area (Å²) in [6.45, 7) is 6.24. The van der Waals surface area contributed by atoms with Crippen molar-refractivity contribution in [1.82, 2.24) is 0 Å². The largest absolute Gasteiger partial charge is 0.290 e. The second kappa shape index (κ2) is 7.26. The van der Waals surface area contributed by atoms with Crippen LogP contribution in [0.5, 0.6) is 0 Å². The van der Waals surface area contributed by atoms with E-state index in [9.17, 15) is 0 Å². The minimum absolute atomic E-state index is 0.398. The Labute approximate surface area is 69.5 Å². The zero-order valence-electron chi connectivity index (χ0n) is 7.62. The van der Waals surface area contributed by atoms with Crippen LogP contribution in [0.4, 0.5) is 0 Å². The van der Waals surface area contributed by atoms with Crippen molar-refractivity contribution in [3.05, 3.63) is 24.3 Å². The van der Waals surface area contributed by atoms with Gasteiger partial charge in [0, 0.05) is 12.3 Å². The Hall–Kier alpha value is -0.850. The third kappa shape index (κ3) is 9.15. The lowest BCUT2D eigenvalue weighted by Gasteiger charge is -1.89. The highest BCUT2D eigenvalue weighted by atomic mass is 14.7. The molecule has 0 aromatic carbocycles. The summed E-state index contributed by atoms with van der Waals surface area (Å²) in [7, 11) is 0. The van der Waals surface area contributed by atoms with Crippen LogP contribution in [0.1, 0.15) is 27.2 Å². The fourth-order valence-corrected chi connectivity index (χ4v) is 0.550. The van der Waals surface area contributed by atoms with Gasteiger partial charge in [-0.25, -0.2) is 0 Å². The topological polar surface area (TPSA) is 12.4 Å². The van der Waals surface area contributed by atoms with Gasteiger partial charge < -0.3 is 0 Å². The third-order valence-corrected chi connectivity index (χ3v) is 1.06. The van der Waals surface area contributed by atoms with Crippen LogP contribution in [-0.2, 0) is 0 Å². The Balaban J connectivity index is 3.51. The molecule has 11 heavy (non-hydrogen) atoms. The molecule has 0 N–H and O–H groups in total. The second-order valence-corrected chi connectivity index (χ2v) is 2.61. The van der Waals surface area contributed by atoms with Gasteiger partial charge in [0.15, 0.2) is 0 Å². The molecule has 0 heterocycles. The number of hydrogen-bond donors (Lipinski definition) is 0. The molecule has 0 amide bonds. The van der Waals surface area contributed by atoms with Crippen molar-refractivity contribution >= 4 is 6.21 Å². The van der Waals surface area contributed by atoms with E-state index in [4.69, 9.17) is 0 Å². The lowest BCUT2D eigenvalue weighted by molar-refractivity contribution is 0.842. The van der Waals surface area contributed by atoms with Crippen LogP contribution in [0.25, 0.3) is 0 Å². The zero-order chi connectivity index (χ0) is 8.53. The van der Waals surface area contributed by atoms with E-state index < -0.39 is 0 Å². The van der Waals surface area contributed by atoms with Crippen molar-refractivity contribution < 1.29 is 0 Å². The minimum Gasteiger partial charge on any atom is -0.290 e. The molecule has 1 nitrogen and oxygen atoms in total. The Morgan fingerprint density at radius 1 is 1.18 bits per heavy atom. The van der Waals surface area contributed by atoms with Crippen LogP contribution in [0.3, 0.4) is 0 Å². The molecule has 0 aliphatic carbocycles. The summed E-state index contributed by atoms with van der Waals surface area (Å²) in [5, 5.41) is 0. The zero-order valence-corrected chi connectivity index (χ0v) is 7.62. The van der Waals surface area contributed by atoms with E-state index in [1.54, 1.807) is 0 Å². The van der Waals surface area contributed by atoms with Crippen molar-refractivity contribution in [2.75, 3.05) is 0 Å². The molecule has 0 saturated heterocycles. The van der Waals surface area contributed by atoms with Gasteiger partial charge in [-0.1, -0.05) is 25.2 Å². The molecule has 62 valence electrons. The van der Waals surface area contributed by atoms with Gasteiger partial charge in [0.25, 0.3) is 0 Å². The molecular weight excluding hydrogens is 134 g/mol. The van der Waals surface area contributed by atoms with Crippen LogP contribution in [0.15, 0.2) is 29.3 Å². The molecule has 0 saturated carbocycles. The van der Waals surface area contributed by atoms with Crippen molar-refractivity contribution in [3.63, 3.8) is 0 Å². The van der Waals surface area contributed by atoms with E-state index in [0.29, 0.717) is 6.04 Å². The molecule has 0 aromatic heterocycles. The van der Waals surface area contributed by atoms with Gasteiger partial charge in [0.05, 0.1) is 0 Å². The van der Waals surface area contributed by atoms with Gasteiger partial charge >= 0.3 is 0 Å². The first-order valence-corrected chi connectivity index (χ1v) is 4.12. The highest BCUT2D eigenvalue weighted by molar-refractivity contribution is 5.71. The Morgan fingerprint density at radius 3 is 2.45 bits per heavy atom. The van der Waals surface area contributed by atoms with Crippen molar-refractivity contribution in [3.8, 4) is 0 Å². The molecule has 0 aliphatic heterocycles. The normalized spacial score (nSPS) is 13.1. The average molecular weight is 151 g/mol. The number of nitrogens with zero attached hydrogens (tertiary/aromatic N) is 1. The summed E-state index contributed by atoms with van der Waals surface area (Å²) in [4.78, 5) is 4.18. The highest BCUT2D eigenvalue weighted by Gasteiger charge is 1.78. The Bertz CT molecular complexity index is 152. The van der Waals surface area contributed by atoms with Crippen molar-refractivity contribution in [2.45, 2.75) is 33.2 Å². The molecule has 0 spiro atoms. The number of aliphatic imine (C=N–C) groups is 1. The van der Waals surface area contributed by atoms with Crippen LogP contribution in [0.2, 0.25) is 0 Å². The Morgan fingerprint density at radius 2 is 1.91 bits per heavy atom. The number of hydrogen-bond acceptors (Lipinski definition) is 1. The maximum Gasteiger partial charge on any atom is 0.0443 e. The average Bonchev–Trinajstić information content (AvgIpc) is 1.96. The SMILES string of the molecule is CC/C=C/C=C/C=NC(C)C. The van der Waals surface area contributed by atoms with Crippen LogP contribution in [0, 0.1) is 0 Å². The summed E-state index contributed by atoms with van der Waals surface area (Å²) in [6.07, 6.45) is 11.0. The highest BCUT2D eigenvalue weighted by Crippen LogP contribution is 1.84. The summed E-state index contributed by atoms with van der Waals surface area (Å²) >= 11 is 0. The molecule has 0 atom stereocenters. The smallest absolute Gasteiger partial charge is 0.0443 e. The van der Waals surface area contributed by atoms with Crippen LogP contribution < -0.4 is 0 Å². The van der Waals surface area contributed by atoms with E-state index in [-0.39, 0.29) is 0 Å². The number of allylic oxidation sites excluding steroid dienone is 4. The molecule has 1 heteroatoms. The molecular formula is C10H17N. The van der Waals surface area contributed by atoms with Crippen LogP contribution in [-0.4, -0.2) is 12.3 Å². The minimum atomic E-state index is 0.398. The molecule has 0 radical (unpaired) electrons. The van der Waals surface area contributed by atoms with Gasteiger partial charge in [-0.3, -0.25) is 4.99 Å². The first-order chi connectivity index (χ1) is 5.27. The first kappa shape index (κ1) is 10.2. The maximum atomic E-state index is 4.18. The molecule has 0 bridgehead atoms.